The van der Waals surface area contributed by atoms with Crippen molar-refractivity contribution in [3.05, 3.63) is 69.2 Å². The van der Waals surface area contributed by atoms with Gasteiger partial charge >= 0.3 is 0 Å². The number of hydrogen-bond donors (Lipinski definition) is 0. The monoisotopic (exact) mass is 403 g/mol. The lowest BCUT2D eigenvalue weighted by molar-refractivity contribution is -0.384. The Morgan fingerprint density at radius 2 is 1.79 bits per heavy atom. The van der Waals surface area contributed by atoms with E-state index in [9.17, 15) is 14.9 Å². The highest BCUT2D eigenvalue weighted by Gasteiger charge is 2.25. The van der Waals surface area contributed by atoms with Crippen molar-refractivity contribution in [3.63, 3.8) is 0 Å². The Labute approximate surface area is 168 Å². The molecular formula is C20H22ClN3O4. The number of nitro benzene ring substituents is 1. The Morgan fingerprint density at radius 1 is 1.14 bits per heavy atom. The summed E-state index contributed by atoms with van der Waals surface area (Å²) in [4.78, 5) is 26.7. The molecule has 0 aliphatic carbocycles. The molecule has 1 fully saturated rings. The van der Waals surface area contributed by atoms with Crippen molar-refractivity contribution in [3.8, 4) is 5.75 Å². The Kier molecular flexibility index (Phi) is 6.49. The van der Waals surface area contributed by atoms with E-state index in [1.165, 1.54) is 24.3 Å². The number of amides is 1. The van der Waals surface area contributed by atoms with Crippen LogP contribution in [0.2, 0.25) is 5.02 Å². The highest BCUT2D eigenvalue weighted by molar-refractivity contribution is 6.31. The number of rotatable bonds is 6. The molecule has 1 atom stereocenters. The average Bonchev–Trinajstić information content (AvgIpc) is 2.72. The van der Waals surface area contributed by atoms with Gasteiger partial charge in [-0.05, 0) is 30.7 Å². The molecule has 28 heavy (non-hydrogen) atoms. The first-order valence-electron chi connectivity index (χ1n) is 9.09. The quantitative estimate of drug-likeness (QED) is 0.544. The molecule has 1 aliphatic rings. The van der Waals surface area contributed by atoms with Crippen LogP contribution in [0, 0.1) is 10.1 Å². The number of ether oxygens (including phenoxy) is 1. The normalized spacial score (nSPS) is 15.9. The third-order valence-electron chi connectivity index (χ3n) is 4.98. The number of carbonyl (C=O) groups excluding carboxylic acids is 1. The molecule has 3 rings (SSSR count). The van der Waals surface area contributed by atoms with E-state index in [0.29, 0.717) is 18.8 Å². The van der Waals surface area contributed by atoms with E-state index in [2.05, 4.69) is 11.8 Å². The standard InChI is InChI=1S/C20H22ClN3O4/c1-15(18-4-2-3-5-19(18)21)22-10-12-23(13-11-22)20(25)14-28-17-8-6-16(7-9-17)24(26)27/h2-9,15H,10-14H2,1H3. The maximum Gasteiger partial charge on any atom is 0.269 e. The minimum atomic E-state index is -0.474. The van der Waals surface area contributed by atoms with Crippen LogP contribution in [0.1, 0.15) is 18.5 Å². The topological polar surface area (TPSA) is 75.9 Å². The Bertz CT molecular complexity index is 836. The van der Waals surface area contributed by atoms with E-state index < -0.39 is 4.92 Å². The molecule has 7 nitrogen and oxygen atoms in total. The number of nitrogens with zero attached hydrogens (tertiary/aromatic N) is 3. The number of carbonyl (C=O) groups is 1. The number of piperazine rings is 1. The first kappa shape index (κ1) is 20.1. The summed E-state index contributed by atoms with van der Waals surface area (Å²) in [5, 5.41) is 11.4. The third-order valence-corrected chi connectivity index (χ3v) is 5.32. The number of non-ortho nitro benzene ring substituents is 1. The van der Waals surface area contributed by atoms with Gasteiger partial charge in [0.25, 0.3) is 11.6 Å². The molecule has 0 bridgehead atoms. The van der Waals surface area contributed by atoms with Crippen LogP contribution >= 0.6 is 11.6 Å². The summed E-state index contributed by atoms with van der Waals surface area (Å²) in [5.41, 5.74) is 1.08. The molecule has 0 N–H and O–H groups in total. The maximum atomic E-state index is 12.4. The zero-order valence-electron chi connectivity index (χ0n) is 15.6. The molecule has 0 aromatic heterocycles. The molecule has 0 radical (unpaired) electrons. The largest absolute Gasteiger partial charge is 0.484 e. The second kappa shape index (κ2) is 9.03. The molecule has 8 heteroatoms. The first-order chi connectivity index (χ1) is 13.5. The molecule has 148 valence electrons. The van der Waals surface area contributed by atoms with Crippen molar-refractivity contribution >= 4 is 23.2 Å². The molecule has 1 amide bonds. The Morgan fingerprint density at radius 3 is 2.39 bits per heavy atom. The van der Waals surface area contributed by atoms with Gasteiger partial charge in [0.15, 0.2) is 6.61 Å². The lowest BCUT2D eigenvalue weighted by Crippen LogP contribution is -2.50. The van der Waals surface area contributed by atoms with E-state index >= 15 is 0 Å². The van der Waals surface area contributed by atoms with Gasteiger partial charge in [-0.3, -0.25) is 19.8 Å². The van der Waals surface area contributed by atoms with Crippen LogP contribution in [0.25, 0.3) is 0 Å². The molecule has 1 unspecified atom stereocenters. The summed E-state index contributed by atoms with van der Waals surface area (Å²) < 4.78 is 5.47. The molecule has 2 aromatic rings. The van der Waals surface area contributed by atoms with Gasteiger partial charge < -0.3 is 9.64 Å². The van der Waals surface area contributed by atoms with E-state index in [1.54, 1.807) is 4.90 Å². The van der Waals surface area contributed by atoms with Crippen molar-refractivity contribution < 1.29 is 14.5 Å². The van der Waals surface area contributed by atoms with Crippen molar-refractivity contribution in [1.82, 2.24) is 9.80 Å². The van der Waals surface area contributed by atoms with Gasteiger partial charge in [0.2, 0.25) is 0 Å². The minimum absolute atomic E-state index is 0.0116. The number of hydrogen-bond acceptors (Lipinski definition) is 5. The van der Waals surface area contributed by atoms with Gasteiger partial charge in [-0.15, -0.1) is 0 Å². The van der Waals surface area contributed by atoms with Gasteiger partial charge in [-0.25, -0.2) is 0 Å². The maximum absolute atomic E-state index is 12.4. The first-order valence-corrected chi connectivity index (χ1v) is 9.47. The van der Waals surface area contributed by atoms with Gasteiger partial charge in [-0.2, -0.15) is 0 Å². The summed E-state index contributed by atoms with van der Waals surface area (Å²) in [6.07, 6.45) is 0. The Balaban J connectivity index is 1.48. The van der Waals surface area contributed by atoms with Crippen LogP contribution in [-0.2, 0) is 4.79 Å². The summed E-state index contributed by atoms with van der Waals surface area (Å²) in [6.45, 7) is 4.80. The van der Waals surface area contributed by atoms with Crippen LogP contribution < -0.4 is 4.74 Å². The highest BCUT2D eigenvalue weighted by Crippen LogP contribution is 2.27. The average molecular weight is 404 g/mol. The lowest BCUT2D eigenvalue weighted by atomic mass is 10.1. The second-order valence-electron chi connectivity index (χ2n) is 6.65. The SMILES string of the molecule is CC(c1ccccc1Cl)N1CCN(C(=O)COc2ccc([N+](=O)[O-])cc2)CC1. The number of benzene rings is 2. The van der Waals surface area contributed by atoms with Crippen molar-refractivity contribution in [2.45, 2.75) is 13.0 Å². The fourth-order valence-corrected chi connectivity index (χ4v) is 3.56. The zero-order chi connectivity index (χ0) is 20.1. The summed E-state index contributed by atoms with van der Waals surface area (Å²) >= 11 is 6.30. The second-order valence-corrected chi connectivity index (χ2v) is 7.06. The molecule has 0 spiro atoms. The molecule has 1 heterocycles. The van der Waals surface area contributed by atoms with Crippen LogP contribution in [0.5, 0.6) is 5.75 Å². The van der Waals surface area contributed by atoms with Gasteiger partial charge in [0, 0.05) is 49.4 Å². The van der Waals surface area contributed by atoms with E-state index in [-0.39, 0.29) is 24.2 Å². The zero-order valence-corrected chi connectivity index (χ0v) is 16.3. The molecule has 2 aromatic carbocycles. The predicted octanol–water partition coefficient (Wildman–Crippen LogP) is 3.53. The predicted molar refractivity (Wildman–Crippen MR) is 107 cm³/mol. The Hall–Kier alpha value is -2.64. The van der Waals surface area contributed by atoms with Crippen molar-refractivity contribution in [2.24, 2.45) is 0 Å². The van der Waals surface area contributed by atoms with E-state index in [0.717, 1.165) is 23.7 Å². The molecule has 1 saturated heterocycles. The lowest BCUT2D eigenvalue weighted by Gasteiger charge is -2.38. The highest BCUT2D eigenvalue weighted by atomic mass is 35.5. The van der Waals surface area contributed by atoms with Crippen LogP contribution in [0.15, 0.2) is 48.5 Å². The van der Waals surface area contributed by atoms with Gasteiger partial charge in [0.1, 0.15) is 5.75 Å². The summed E-state index contributed by atoms with van der Waals surface area (Å²) in [5.74, 6) is 0.341. The third kappa shape index (κ3) is 4.79. The number of nitro groups is 1. The van der Waals surface area contributed by atoms with Gasteiger partial charge in [-0.1, -0.05) is 29.8 Å². The van der Waals surface area contributed by atoms with E-state index in [1.807, 2.05) is 24.3 Å². The summed E-state index contributed by atoms with van der Waals surface area (Å²) in [7, 11) is 0. The minimum Gasteiger partial charge on any atom is -0.484 e. The molecular weight excluding hydrogens is 382 g/mol. The van der Waals surface area contributed by atoms with Crippen LogP contribution in [0.3, 0.4) is 0 Å². The van der Waals surface area contributed by atoms with E-state index in [4.69, 9.17) is 16.3 Å². The fourth-order valence-electron chi connectivity index (χ4n) is 3.27. The number of halogens is 1. The molecule has 0 saturated carbocycles. The smallest absolute Gasteiger partial charge is 0.269 e. The van der Waals surface area contributed by atoms with Gasteiger partial charge in [0.05, 0.1) is 4.92 Å². The van der Waals surface area contributed by atoms with Crippen LogP contribution in [0.4, 0.5) is 5.69 Å². The van der Waals surface area contributed by atoms with Crippen molar-refractivity contribution in [1.29, 1.82) is 0 Å². The van der Waals surface area contributed by atoms with Crippen molar-refractivity contribution in [2.75, 3.05) is 32.8 Å². The van der Waals surface area contributed by atoms with Crippen LogP contribution in [-0.4, -0.2) is 53.4 Å². The molecule has 1 aliphatic heterocycles. The summed E-state index contributed by atoms with van der Waals surface area (Å²) in [6, 6.07) is 13.7. The fraction of sp³-hybridized carbons (Fsp3) is 0.350.